The van der Waals surface area contributed by atoms with Crippen molar-refractivity contribution in [3.63, 3.8) is 0 Å². The third kappa shape index (κ3) is 3.16. The molecule has 1 nitrogen and oxygen atoms in total. The van der Waals surface area contributed by atoms with Crippen molar-refractivity contribution in [1.82, 2.24) is 0 Å². The summed E-state index contributed by atoms with van der Waals surface area (Å²) in [6.07, 6.45) is -4.40. The summed E-state index contributed by atoms with van der Waals surface area (Å²) in [5.74, 6) is 0. The zero-order valence-electron chi connectivity index (χ0n) is 9.71. The van der Waals surface area contributed by atoms with Crippen LogP contribution >= 0.6 is 15.9 Å². The van der Waals surface area contributed by atoms with Crippen LogP contribution in [0.3, 0.4) is 0 Å². The van der Waals surface area contributed by atoms with Gasteiger partial charge in [0.1, 0.15) is 0 Å². The van der Waals surface area contributed by atoms with Gasteiger partial charge in [0.25, 0.3) is 0 Å². The van der Waals surface area contributed by atoms with Crippen molar-refractivity contribution in [3.05, 3.63) is 58.1 Å². The van der Waals surface area contributed by atoms with Crippen LogP contribution in [0.25, 0.3) is 11.1 Å². The molecule has 100 valence electrons. The van der Waals surface area contributed by atoms with Gasteiger partial charge in [0, 0.05) is 4.47 Å². The van der Waals surface area contributed by atoms with Crippen LogP contribution in [0.5, 0.6) is 0 Å². The molecule has 0 unspecified atom stereocenters. The average Bonchev–Trinajstić information content (AvgIpc) is 2.38. The van der Waals surface area contributed by atoms with E-state index in [4.69, 9.17) is 5.11 Å². The van der Waals surface area contributed by atoms with Gasteiger partial charge in [-0.3, -0.25) is 0 Å². The summed E-state index contributed by atoms with van der Waals surface area (Å²) in [5.41, 5.74) is 1.06. The van der Waals surface area contributed by atoms with Crippen LogP contribution in [0.2, 0.25) is 0 Å². The summed E-state index contributed by atoms with van der Waals surface area (Å²) in [6, 6.07) is 10.9. The highest BCUT2D eigenvalue weighted by Gasteiger charge is 2.33. The molecular formula is C14H10BrF3O. The Kier molecular flexibility index (Phi) is 3.96. The molecule has 0 heterocycles. The van der Waals surface area contributed by atoms with E-state index in [9.17, 15) is 13.2 Å². The normalized spacial score (nSPS) is 11.6. The quantitative estimate of drug-likeness (QED) is 0.851. The minimum atomic E-state index is -4.40. The molecule has 0 saturated carbocycles. The summed E-state index contributed by atoms with van der Waals surface area (Å²) >= 11 is 2.91. The van der Waals surface area contributed by atoms with Crippen LogP contribution in [0.1, 0.15) is 11.1 Å². The fraction of sp³-hybridized carbons (Fsp3) is 0.143. The van der Waals surface area contributed by atoms with Gasteiger partial charge in [-0.1, -0.05) is 40.2 Å². The summed E-state index contributed by atoms with van der Waals surface area (Å²) in [7, 11) is 0. The molecule has 0 saturated heterocycles. The Hall–Kier alpha value is -1.33. The number of benzene rings is 2. The summed E-state index contributed by atoms with van der Waals surface area (Å²) in [5, 5.41) is 9.05. The van der Waals surface area contributed by atoms with Crippen LogP contribution in [0.4, 0.5) is 13.2 Å². The Labute approximate surface area is 116 Å². The summed E-state index contributed by atoms with van der Waals surface area (Å²) in [4.78, 5) is 0. The molecule has 2 aromatic rings. The molecule has 0 bridgehead atoms. The Bertz CT molecular complexity index is 593. The fourth-order valence-electron chi connectivity index (χ4n) is 1.77. The van der Waals surface area contributed by atoms with E-state index in [1.54, 1.807) is 30.3 Å². The van der Waals surface area contributed by atoms with Crippen molar-refractivity contribution in [2.45, 2.75) is 12.8 Å². The zero-order valence-corrected chi connectivity index (χ0v) is 11.3. The van der Waals surface area contributed by atoms with Gasteiger partial charge < -0.3 is 5.11 Å². The van der Waals surface area contributed by atoms with Crippen molar-refractivity contribution in [1.29, 1.82) is 0 Å². The van der Waals surface area contributed by atoms with Crippen molar-refractivity contribution < 1.29 is 18.3 Å². The highest BCUT2D eigenvalue weighted by molar-refractivity contribution is 9.10. The van der Waals surface area contributed by atoms with Gasteiger partial charge in [-0.15, -0.1) is 0 Å². The van der Waals surface area contributed by atoms with E-state index in [-0.39, 0.29) is 11.1 Å². The Balaban J connectivity index is 2.51. The molecule has 2 rings (SSSR count). The first-order chi connectivity index (χ1) is 8.91. The van der Waals surface area contributed by atoms with E-state index in [0.29, 0.717) is 16.7 Å². The van der Waals surface area contributed by atoms with Crippen LogP contribution in [-0.2, 0) is 12.8 Å². The smallest absolute Gasteiger partial charge is 0.392 e. The van der Waals surface area contributed by atoms with Crippen LogP contribution in [0, 0.1) is 0 Å². The molecule has 0 aliphatic rings. The molecule has 19 heavy (non-hydrogen) atoms. The highest BCUT2D eigenvalue weighted by Crippen LogP contribution is 2.37. The Morgan fingerprint density at radius 1 is 1.00 bits per heavy atom. The predicted octanol–water partition coefficient (Wildman–Crippen LogP) is 4.63. The lowest BCUT2D eigenvalue weighted by Crippen LogP contribution is -2.06. The number of aliphatic hydroxyl groups excluding tert-OH is 1. The first-order valence-electron chi connectivity index (χ1n) is 5.49. The number of halogens is 4. The number of hydrogen-bond acceptors (Lipinski definition) is 1. The maximum absolute atomic E-state index is 12.8. The molecule has 0 atom stereocenters. The number of aliphatic hydroxyl groups is 1. The van der Waals surface area contributed by atoms with E-state index in [1.165, 1.54) is 6.07 Å². The molecular weight excluding hydrogens is 321 g/mol. The SMILES string of the molecule is OCc1cccc(-c2ccc(Br)c(C(F)(F)F)c2)c1. The molecule has 0 radical (unpaired) electrons. The Morgan fingerprint density at radius 2 is 1.68 bits per heavy atom. The van der Waals surface area contributed by atoms with Crippen molar-refractivity contribution in [3.8, 4) is 11.1 Å². The first-order valence-corrected chi connectivity index (χ1v) is 6.28. The lowest BCUT2D eigenvalue weighted by Gasteiger charge is -2.11. The minimum Gasteiger partial charge on any atom is -0.392 e. The van der Waals surface area contributed by atoms with Gasteiger partial charge >= 0.3 is 6.18 Å². The van der Waals surface area contributed by atoms with E-state index in [2.05, 4.69) is 15.9 Å². The molecule has 0 aliphatic carbocycles. The maximum atomic E-state index is 12.8. The van der Waals surface area contributed by atoms with Gasteiger partial charge in [-0.05, 0) is 34.9 Å². The topological polar surface area (TPSA) is 20.2 Å². The zero-order chi connectivity index (χ0) is 14.0. The molecule has 0 spiro atoms. The number of hydrogen-bond donors (Lipinski definition) is 1. The van der Waals surface area contributed by atoms with Gasteiger partial charge in [0.2, 0.25) is 0 Å². The number of alkyl halides is 3. The van der Waals surface area contributed by atoms with E-state index in [0.717, 1.165) is 6.07 Å². The Morgan fingerprint density at radius 3 is 2.32 bits per heavy atom. The van der Waals surface area contributed by atoms with E-state index in [1.807, 2.05) is 0 Å². The van der Waals surface area contributed by atoms with Gasteiger partial charge in [0.05, 0.1) is 12.2 Å². The van der Waals surface area contributed by atoms with Crippen molar-refractivity contribution in [2.24, 2.45) is 0 Å². The fourth-order valence-corrected chi connectivity index (χ4v) is 2.24. The summed E-state index contributed by atoms with van der Waals surface area (Å²) < 4.78 is 38.5. The van der Waals surface area contributed by atoms with Crippen LogP contribution in [0.15, 0.2) is 46.9 Å². The van der Waals surface area contributed by atoms with E-state index < -0.39 is 11.7 Å². The number of rotatable bonds is 2. The standard InChI is InChI=1S/C14H10BrF3O/c15-13-5-4-11(7-12(13)14(16,17)18)10-3-1-2-9(6-10)8-19/h1-7,19H,8H2. The second kappa shape index (κ2) is 5.35. The highest BCUT2D eigenvalue weighted by atomic mass is 79.9. The average molecular weight is 331 g/mol. The van der Waals surface area contributed by atoms with Crippen LogP contribution < -0.4 is 0 Å². The molecule has 0 fully saturated rings. The first kappa shape index (κ1) is 14.1. The second-order valence-electron chi connectivity index (χ2n) is 4.05. The molecule has 0 aromatic heterocycles. The van der Waals surface area contributed by atoms with Crippen molar-refractivity contribution in [2.75, 3.05) is 0 Å². The second-order valence-corrected chi connectivity index (χ2v) is 4.91. The van der Waals surface area contributed by atoms with Gasteiger partial charge in [-0.25, -0.2) is 0 Å². The molecule has 0 aliphatic heterocycles. The minimum absolute atomic E-state index is 0.0158. The predicted molar refractivity (Wildman–Crippen MR) is 70.5 cm³/mol. The van der Waals surface area contributed by atoms with E-state index >= 15 is 0 Å². The summed E-state index contributed by atoms with van der Waals surface area (Å²) in [6.45, 7) is -0.142. The van der Waals surface area contributed by atoms with Crippen molar-refractivity contribution >= 4 is 15.9 Å². The molecule has 1 N–H and O–H groups in total. The largest absolute Gasteiger partial charge is 0.417 e. The maximum Gasteiger partial charge on any atom is 0.417 e. The third-order valence-corrected chi connectivity index (χ3v) is 3.41. The molecule has 2 aromatic carbocycles. The lowest BCUT2D eigenvalue weighted by molar-refractivity contribution is -0.138. The lowest BCUT2D eigenvalue weighted by atomic mass is 10.0. The van der Waals surface area contributed by atoms with Gasteiger partial charge in [0.15, 0.2) is 0 Å². The monoisotopic (exact) mass is 330 g/mol. The van der Waals surface area contributed by atoms with Crippen LogP contribution in [-0.4, -0.2) is 5.11 Å². The van der Waals surface area contributed by atoms with Gasteiger partial charge in [-0.2, -0.15) is 13.2 Å². The molecule has 0 amide bonds. The third-order valence-electron chi connectivity index (χ3n) is 2.71. The molecule has 5 heteroatoms.